The summed E-state index contributed by atoms with van der Waals surface area (Å²) in [5, 5.41) is 13.2. The molecule has 2 N–H and O–H groups in total. The van der Waals surface area contributed by atoms with E-state index in [1.165, 1.54) is 5.56 Å². The minimum absolute atomic E-state index is 0.395. The summed E-state index contributed by atoms with van der Waals surface area (Å²) in [7, 11) is 0. The largest absolute Gasteiger partial charge is 0.508 e. The molecule has 0 aliphatic heterocycles. The maximum absolute atomic E-state index is 9.81. The summed E-state index contributed by atoms with van der Waals surface area (Å²) < 4.78 is 0. The maximum atomic E-state index is 9.81. The first-order chi connectivity index (χ1) is 7.54. The molecule has 0 bridgehead atoms. The standard InChI is InChI=1S/C13H21NOS/c1-9-5-12(13(15)6-10(9)2)7-14-11(3)8-16-4/h5-6,11,14-15H,7-8H2,1-4H3. The van der Waals surface area contributed by atoms with E-state index in [0.717, 1.165) is 23.4 Å². The fourth-order valence-corrected chi connectivity index (χ4v) is 2.21. The van der Waals surface area contributed by atoms with Gasteiger partial charge in [0.25, 0.3) is 0 Å². The van der Waals surface area contributed by atoms with Crippen molar-refractivity contribution in [3.05, 3.63) is 28.8 Å². The topological polar surface area (TPSA) is 32.3 Å². The number of aryl methyl sites for hydroxylation is 2. The molecule has 3 heteroatoms. The van der Waals surface area contributed by atoms with Crippen LogP contribution in [0.1, 0.15) is 23.6 Å². The average Bonchev–Trinajstić information content (AvgIpc) is 2.22. The number of thioether (sulfide) groups is 1. The first-order valence-corrected chi connectivity index (χ1v) is 6.95. The van der Waals surface area contributed by atoms with Gasteiger partial charge in [-0.15, -0.1) is 0 Å². The van der Waals surface area contributed by atoms with Crippen LogP contribution in [0.5, 0.6) is 5.75 Å². The molecule has 1 aromatic carbocycles. The Kier molecular flexibility index (Phi) is 5.16. The zero-order chi connectivity index (χ0) is 12.1. The molecule has 90 valence electrons. The molecule has 0 heterocycles. The van der Waals surface area contributed by atoms with Gasteiger partial charge in [-0.3, -0.25) is 0 Å². The van der Waals surface area contributed by atoms with Crippen LogP contribution in [-0.2, 0) is 6.54 Å². The number of nitrogens with one attached hydrogen (secondary N) is 1. The Morgan fingerprint density at radius 1 is 1.31 bits per heavy atom. The molecule has 1 rings (SSSR count). The van der Waals surface area contributed by atoms with E-state index in [2.05, 4.69) is 31.5 Å². The molecule has 0 aromatic heterocycles. The molecular formula is C13H21NOS. The molecule has 0 saturated carbocycles. The van der Waals surface area contributed by atoms with Crippen molar-refractivity contribution >= 4 is 11.8 Å². The number of hydrogen-bond acceptors (Lipinski definition) is 3. The Bertz CT molecular complexity index is 352. The molecule has 1 atom stereocenters. The fraction of sp³-hybridized carbons (Fsp3) is 0.538. The summed E-state index contributed by atoms with van der Waals surface area (Å²) in [6.45, 7) is 6.98. The third-order valence-electron chi connectivity index (χ3n) is 2.75. The molecule has 0 saturated heterocycles. The smallest absolute Gasteiger partial charge is 0.120 e. The molecule has 16 heavy (non-hydrogen) atoms. The quantitative estimate of drug-likeness (QED) is 0.828. The van der Waals surface area contributed by atoms with Crippen molar-refractivity contribution in [1.82, 2.24) is 5.32 Å². The number of rotatable bonds is 5. The minimum Gasteiger partial charge on any atom is -0.508 e. The summed E-state index contributed by atoms with van der Waals surface area (Å²) >= 11 is 1.83. The van der Waals surface area contributed by atoms with Gasteiger partial charge in [-0.05, 0) is 44.2 Å². The van der Waals surface area contributed by atoms with Gasteiger partial charge in [0.2, 0.25) is 0 Å². The minimum atomic E-state index is 0.395. The van der Waals surface area contributed by atoms with Crippen molar-refractivity contribution in [3.63, 3.8) is 0 Å². The molecule has 0 radical (unpaired) electrons. The lowest BCUT2D eigenvalue weighted by Crippen LogP contribution is -2.27. The third kappa shape index (κ3) is 3.72. The van der Waals surface area contributed by atoms with Crippen molar-refractivity contribution < 1.29 is 5.11 Å². The van der Waals surface area contributed by atoms with Gasteiger partial charge >= 0.3 is 0 Å². The van der Waals surface area contributed by atoms with Gasteiger partial charge in [-0.1, -0.05) is 6.07 Å². The van der Waals surface area contributed by atoms with Crippen LogP contribution >= 0.6 is 11.8 Å². The number of phenols is 1. The van der Waals surface area contributed by atoms with Crippen LogP contribution in [0.25, 0.3) is 0 Å². The zero-order valence-electron chi connectivity index (χ0n) is 10.5. The molecule has 0 fully saturated rings. The second kappa shape index (κ2) is 6.16. The van der Waals surface area contributed by atoms with E-state index in [1.54, 1.807) is 0 Å². The van der Waals surface area contributed by atoms with E-state index in [4.69, 9.17) is 0 Å². The van der Waals surface area contributed by atoms with Crippen molar-refractivity contribution in [2.24, 2.45) is 0 Å². The summed E-state index contributed by atoms with van der Waals surface area (Å²) in [5.74, 6) is 1.48. The molecule has 2 nitrogen and oxygen atoms in total. The predicted molar refractivity (Wildman–Crippen MR) is 72.3 cm³/mol. The normalized spacial score (nSPS) is 12.8. The SMILES string of the molecule is CSCC(C)NCc1cc(C)c(C)cc1O. The lowest BCUT2D eigenvalue weighted by Gasteiger charge is -2.14. The average molecular weight is 239 g/mol. The Hall–Kier alpha value is -0.670. The third-order valence-corrected chi connectivity index (χ3v) is 3.59. The van der Waals surface area contributed by atoms with Gasteiger partial charge in [-0.2, -0.15) is 11.8 Å². The number of hydrogen-bond donors (Lipinski definition) is 2. The first-order valence-electron chi connectivity index (χ1n) is 5.56. The van der Waals surface area contributed by atoms with Crippen LogP contribution in [0.3, 0.4) is 0 Å². The van der Waals surface area contributed by atoms with Gasteiger partial charge < -0.3 is 10.4 Å². The van der Waals surface area contributed by atoms with E-state index >= 15 is 0 Å². The van der Waals surface area contributed by atoms with E-state index in [-0.39, 0.29) is 0 Å². The van der Waals surface area contributed by atoms with Gasteiger partial charge in [0.1, 0.15) is 5.75 Å². The van der Waals surface area contributed by atoms with Crippen molar-refractivity contribution in [3.8, 4) is 5.75 Å². The maximum Gasteiger partial charge on any atom is 0.120 e. The molecule has 0 spiro atoms. The van der Waals surface area contributed by atoms with Crippen LogP contribution in [0.15, 0.2) is 12.1 Å². The van der Waals surface area contributed by atoms with Crippen LogP contribution in [0.2, 0.25) is 0 Å². The van der Waals surface area contributed by atoms with Crippen LogP contribution in [0, 0.1) is 13.8 Å². The summed E-state index contributed by atoms with van der Waals surface area (Å²) in [6, 6.07) is 4.37. The zero-order valence-corrected chi connectivity index (χ0v) is 11.3. The van der Waals surface area contributed by atoms with E-state index in [9.17, 15) is 5.11 Å². The molecule has 0 aliphatic rings. The summed E-state index contributed by atoms with van der Waals surface area (Å²) in [5.41, 5.74) is 3.35. The summed E-state index contributed by atoms with van der Waals surface area (Å²) in [4.78, 5) is 0. The van der Waals surface area contributed by atoms with E-state index < -0.39 is 0 Å². The van der Waals surface area contributed by atoms with Crippen LogP contribution < -0.4 is 5.32 Å². The fourth-order valence-electron chi connectivity index (χ4n) is 1.60. The van der Waals surface area contributed by atoms with Crippen molar-refractivity contribution in [1.29, 1.82) is 0 Å². The highest BCUT2D eigenvalue weighted by Crippen LogP contribution is 2.21. The van der Waals surface area contributed by atoms with Crippen LogP contribution in [0.4, 0.5) is 0 Å². The second-order valence-electron chi connectivity index (χ2n) is 4.30. The first kappa shape index (κ1) is 13.4. The van der Waals surface area contributed by atoms with E-state index in [0.29, 0.717) is 11.8 Å². The van der Waals surface area contributed by atoms with Gasteiger partial charge in [0, 0.05) is 23.9 Å². The molecule has 0 aliphatic carbocycles. The van der Waals surface area contributed by atoms with Gasteiger partial charge in [-0.25, -0.2) is 0 Å². The Morgan fingerprint density at radius 3 is 2.56 bits per heavy atom. The van der Waals surface area contributed by atoms with Crippen molar-refractivity contribution in [2.75, 3.05) is 12.0 Å². The van der Waals surface area contributed by atoms with E-state index in [1.807, 2.05) is 24.8 Å². The Balaban J connectivity index is 2.63. The Labute approximate surface area is 102 Å². The predicted octanol–water partition coefficient (Wildman–Crippen LogP) is 2.85. The number of phenolic OH excluding ortho intramolecular Hbond substituents is 1. The number of aromatic hydroxyl groups is 1. The highest BCUT2D eigenvalue weighted by Gasteiger charge is 2.06. The van der Waals surface area contributed by atoms with Crippen molar-refractivity contribution in [2.45, 2.75) is 33.4 Å². The van der Waals surface area contributed by atoms with Gasteiger partial charge in [0.05, 0.1) is 0 Å². The number of benzene rings is 1. The molecule has 1 unspecified atom stereocenters. The lowest BCUT2D eigenvalue weighted by molar-refractivity contribution is 0.461. The van der Waals surface area contributed by atoms with Crippen LogP contribution in [-0.4, -0.2) is 23.2 Å². The monoisotopic (exact) mass is 239 g/mol. The highest BCUT2D eigenvalue weighted by atomic mass is 32.2. The summed E-state index contributed by atoms with van der Waals surface area (Å²) in [6.07, 6.45) is 2.10. The van der Waals surface area contributed by atoms with Gasteiger partial charge in [0.15, 0.2) is 0 Å². The molecular weight excluding hydrogens is 218 g/mol. The Morgan fingerprint density at radius 2 is 1.94 bits per heavy atom. The molecule has 0 amide bonds. The lowest BCUT2D eigenvalue weighted by atomic mass is 10.0. The second-order valence-corrected chi connectivity index (χ2v) is 5.21. The molecule has 1 aromatic rings. The highest BCUT2D eigenvalue weighted by molar-refractivity contribution is 7.98.